The van der Waals surface area contributed by atoms with Crippen LogP contribution in [0.5, 0.6) is 0 Å². The van der Waals surface area contributed by atoms with Crippen LogP contribution in [0.4, 0.5) is 14.5 Å². The first kappa shape index (κ1) is 20.5. The van der Waals surface area contributed by atoms with Crippen molar-refractivity contribution in [2.45, 2.75) is 19.4 Å². The average molecular weight is 427 g/mol. The van der Waals surface area contributed by atoms with Gasteiger partial charge in [0.1, 0.15) is 6.33 Å². The quantitative estimate of drug-likeness (QED) is 0.661. The lowest BCUT2D eigenvalue weighted by atomic mass is 9.98. The molecule has 2 N–H and O–H groups in total. The van der Waals surface area contributed by atoms with Gasteiger partial charge in [-0.05, 0) is 24.1 Å². The molecule has 3 heterocycles. The van der Waals surface area contributed by atoms with E-state index >= 15 is 0 Å². The van der Waals surface area contributed by atoms with Crippen LogP contribution in [0, 0.1) is 0 Å². The lowest BCUT2D eigenvalue weighted by molar-refractivity contribution is -0.118. The molecule has 31 heavy (non-hydrogen) atoms. The van der Waals surface area contributed by atoms with Crippen molar-refractivity contribution in [2.24, 2.45) is 5.73 Å². The first-order valence-corrected chi connectivity index (χ1v) is 9.49. The fourth-order valence-corrected chi connectivity index (χ4v) is 3.40. The number of anilines is 1. The SMILES string of the molecule is CN1C(=O)CCc2cc(-c3cnc(-n4cnn(CC(CN)=C(F)F)c4=O)cn3)ccc21. The summed E-state index contributed by atoms with van der Waals surface area (Å²) in [5.74, 6) is 0.293. The maximum Gasteiger partial charge on any atom is 0.351 e. The summed E-state index contributed by atoms with van der Waals surface area (Å²) in [5.41, 5.74) is 7.64. The van der Waals surface area contributed by atoms with Crippen molar-refractivity contribution in [3.8, 4) is 17.1 Å². The number of aryl methyl sites for hydroxylation is 1. The zero-order chi connectivity index (χ0) is 22.1. The van der Waals surface area contributed by atoms with Crippen molar-refractivity contribution in [3.63, 3.8) is 0 Å². The van der Waals surface area contributed by atoms with E-state index in [2.05, 4.69) is 15.1 Å². The minimum Gasteiger partial charge on any atom is -0.327 e. The fourth-order valence-electron chi connectivity index (χ4n) is 3.40. The van der Waals surface area contributed by atoms with Crippen molar-refractivity contribution >= 4 is 11.6 Å². The van der Waals surface area contributed by atoms with E-state index in [0.29, 0.717) is 18.5 Å². The van der Waals surface area contributed by atoms with Crippen molar-refractivity contribution < 1.29 is 13.6 Å². The molecule has 4 rings (SSSR count). The third kappa shape index (κ3) is 3.87. The van der Waals surface area contributed by atoms with E-state index in [-0.39, 0.29) is 23.8 Å². The summed E-state index contributed by atoms with van der Waals surface area (Å²) in [5, 5.41) is 3.85. The molecule has 1 amide bonds. The number of nitrogens with two attached hydrogens (primary N) is 1. The summed E-state index contributed by atoms with van der Waals surface area (Å²) < 4.78 is 27.6. The summed E-state index contributed by atoms with van der Waals surface area (Å²) >= 11 is 0. The summed E-state index contributed by atoms with van der Waals surface area (Å²) in [6, 6.07) is 5.70. The third-order valence-corrected chi connectivity index (χ3v) is 5.19. The van der Waals surface area contributed by atoms with Gasteiger partial charge in [0.05, 0.1) is 24.6 Å². The zero-order valence-electron chi connectivity index (χ0n) is 16.6. The molecule has 0 aliphatic carbocycles. The van der Waals surface area contributed by atoms with Gasteiger partial charge in [0.15, 0.2) is 5.82 Å². The molecule has 1 aliphatic rings. The number of carbonyl (C=O) groups is 1. The molecule has 0 saturated heterocycles. The Morgan fingerprint density at radius 2 is 1.97 bits per heavy atom. The Hall–Kier alpha value is -3.73. The summed E-state index contributed by atoms with van der Waals surface area (Å²) in [6.07, 6.45) is 3.32. The van der Waals surface area contributed by atoms with Gasteiger partial charge in [0.2, 0.25) is 5.91 Å². The molecule has 2 aromatic heterocycles. The number of carbonyl (C=O) groups excluding carboxylic acids is 1. The standard InChI is InChI=1S/C20H19F2N7O2/c1-27-16-4-2-12(6-13(16)3-5-18(27)30)15-8-25-17(9-24-15)28-11-26-29(20(28)31)10-14(7-23)19(21)22/h2,4,6,8-9,11H,3,5,7,10,23H2,1H3. The molecule has 0 spiro atoms. The van der Waals surface area contributed by atoms with Crippen molar-refractivity contribution in [2.75, 3.05) is 18.5 Å². The largest absolute Gasteiger partial charge is 0.351 e. The molecular formula is C20H19F2N7O2. The van der Waals surface area contributed by atoms with Gasteiger partial charge in [-0.2, -0.15) is 13.9 Å². The average Bonchev–Trinajstić information content (AvgIpc) is 3.14. The number of halogens is 2. The van der Waals surface area contributed by atoms with Crippen LogP contribution >= 0.6 is 0 Å². The molecule has 3 aromatic rings. The van der Waals surface area contributed by atoms with Gasteiger partial charge in [0.25, 0.3) is 6.08 Å². The summed E-state index contributed by atoms with van der Waals surface area (Å²) in [7, 11) is 1.75. The van der Waals surface area contributed by atoms with Crippen LogP contribution in [0.1, 0.15) is 12.0 Å². The third-order valence-electron chi connectivity index (χ3n) is 5.19. The van der Waals surface area contributed by atoms with Gasteiger partial charge in [-0.15, -0.1) is 0 Å². The topological polar surface area (TPSA) is 112 Å². The maximum atomic E-state index is 12.8. The van der Waals surface area contributed by atoms with Crippen LogP contribution in [0.15, 0.2) is 53.4 Å². The highest BCUT2D eigenvalue weighted by Gasteiger charge is 2.21. The molecule has 11 heteroatoms. The predicted molar refractivity (Wildman–Crippen MR) is 109 cm³/mol. The lowest BCUT2D eigenvalue weighted by Gasteiger charge is -2.26. The fraction of sp³-hybridized carbons (Fsp3) is 0.250. The van der Waals surface area contributed by atoms with E-state index in [4.69, 9.17) is 5.73 Å². The molecule has 0 radical (unpaired) electrons. The molecule has 1 aromatic carbocycles. The molecule has 0 bridgehead atoms. The molecule has 0 unspecified atom stereocenters. The second kappa shape index (κ2) is 8.19. The van der Waals surface area contributed by atoms with E-state index in [0.717, 1.165) is 26.1 Å². The first-order chi connectivity index (χ1) is 14.9. The number of fused-ring (bicyclic) bond motifs is 1. The Labute approximate surface area is 175 Å². The van der Waals surface area contributed by atoms with E-state index in [1.165, 1.54) is 18.7 Å². The van der Waals surface area contributed by atoms with Crippen molar-refractivity contribution in [1.82, 2.24) is 24.3 Å². The summed E-state index contributed by atoms with van der Waals surface area (Å²) in [6.45, 7) is -0.775. The minimum atomic E-state index is -1.92. The molecule has 0 saturated carbocycles. The van der Waals surface area contributed by atoms with Gasteiger partial charge >= 0.3 is 5.69 Å². The van der Waals surface area contributed by atoms with Crippen LogP contribution in [0.25, 0.3) is 17.1 Å². The van der Waals surface area contributed by atoms with Crippen LogP contribution in [-0.2, 0) is 17.8 Å². The van der Waals surface area contributed by atoms with Crippen LogP contribution in [-0.4, -0.2) is 43.8 Å². The molecule has 1 aliphatic heterocycles. The molecule has 160 valence electrons. The molecule has 9 nitrogen and oxygen atoms in total. The Kier molecular flexibility index (Phi) is 5.42. The van der Waals surface area contributed by atoms with E-state index in [1.807, 2.05) is 18.2 Å². The van der Waals surface area contributed by atoms with Gasteiger partial charge in [-0.25, -0.2) is 19.0 Å². The second-order valence-electron chi connectivity index (χ2n) is 7.07. The van der Waals surface area contributed by atoms with Crippen LogP contribution in [0.3, 0.4) is 0 Å². The number of hydrogen-bond acceptors (Lipinski definition) is 6. The van der Waals surface area contributed by atoms with Crippen LogP contribution in [0.2, 0.25) is 0 Å². The lowest BCUT2D eigenvalue weighted by Crippen LogP contribution is -2.30. The normalized spacial score (nSPS) is 13.3. The van der Waals surface area contributed by atoms with Gasteiger partial charge < -0.3 is 10.6 Å². The highest BCUT2D eigenvalue weighted by atomic mass is 19.3. The van der Waals surface area contributed by atoms with Crippen molar-refractivity contribution in [3.05, 3.63) is 64.6 Å². The van der Waals surface area contributed by atoms with Crippen LogP contribution < -0.4 is 16.3 Å². The highest BCUT2D eigenvalue weighted by molar-refractivity contribution is 5.96. The Bertz CT molecular complexity index is 1230. The maximum absolute atomic E-state index is 12.8. The Morgan fingerprint density at radius 3 is 2.65 bits per heavy atom. The molecular weight excluding hydrogens is 408 g/mol. The van der Waals surface area contributed by atoms with Crippen molar-refractivity contribution in [1.29, 1.82) is 0 Å². The van der Waals surface area contributed by atoms with E-state index < -0.39 is 18.3 Å². The van der Waals surface area contributed by atoms with Gasteiger partial charge in [0, 0.05) is 36.8 Å². The zero-order valence-corrected chi connectivity index (χ0v) is 16.6. The monoisotopic (exact) mass is 427 g/mol. The number of nitrogens with zero attached hydrogens (tertiary/aromatic N) is 6. The first-order valence-electron chi connectivity index (χ1n) is 9.49. The number of aromatic nitrogens is 5. The number of rotatable bonds is 5. The van der Waals surface area contributed by atoms with E-state index in [1.54, 1.807) is 11.9 Å². The molecule has 0 atom stereocenters. The highest BCUT2D eigenvalue weighted by Crippen LogP contribution is 2.30. The van der Waals surface area contributed by atoms with E-state index in [9.17, 15) is 18.4 Å². The predicted octanol–water partition coefficient (Wildman–Crippen LogP) is 1.51. The van der Waals surface area contributed by atoms with Gasteiger partial charge in [-0.3, -0.25) is 9.78 Å². The number of amides is 1. The van der Waals surface area contributed by atoms with Gasteiger partial charge in [-0.1, -0.05) is 6.07 Å². The number of benzene rings is 1. The smallest absolute Gasteiger partial charge is 0.327 e. The Morgan fingerprint density at radius 1 is 1.16 bits per heavy atom. The second-order valence-corrected chi connectivity index (χ2v) is 7.07. The Balaban J connectivity index is 1.59. The molecule has 0 fully saturated rings. The summed E-state index contributed by atoms with van der Waals surface area (Å²) in [4.78, 5) is 34.6. The number of hydrogen-bond donors (Lipinski definition) is 1. The minimum absolute atomic E-state index is 0.0821.